The lowest BCUT2D eigenvalue weighted by Crippen LogP contribution is -2.33. The number of fused-ring (bicyclic) bond motifs is 1. The molecule has 0 radical (unpaired) electrons. The first-order chi connectivity index (χ1) is 10.2. The average Bonchev–Trinajstić information content (AvgIpc) is 2.51. The predicted octanol–water partition coefficient (Wildman–Crippen LogP) is 2.38. The third-order valence-electron chi connectivity index (χ3n) is 3.68. The van der Waals surface area contributed by atoms with E-state index in [1.165, 1.54) is 5.39 Å². The first-order valence-electron chi connectivity index (χ1n) is 7.15. The lowest BCUT2D eigenvalue weighted by atomic mass is 9.99. The Morgan fingerprint density at radius 1 is 1.24 bits per heavy atom. The quantitative estimate of drug-likeness (QED) is 0.857. The molecular formula is C17H22N2O2. The first-order valence-corrected chi connectivity index (χ1v) is 7.15. The van der Waals surface area contributed by atoms with Crippen molar-refractivity contribution in [2.45, 2.75) is 25.5 Å². The van der Waals surface area contributed by atoms with Gasteiger partial charge >= 0.3 is 0 Å². The van der Waals surface area contributed by atoms with E-state index in [2.05, 4.69) is 23.5 Å². The number of hydrogen-bond donors (Lipinski definition) is 2. The van der Waals surface area contributed by atoms with E-state index in [0.29, 0.717) is 6.54 Å². The molecule has 2 aromatic carbocycles. The minimum atomic E-state index is -0.232. The third kappa shape index (κ3) is 3.80. The minimum absolute atomic E-state index is 0.0484. The lowest BCUT2D eigenvalue weighted by molar-refractivity contribution is -0.124. The van der Waals surface area contributed by atoms with E-state index < -0.39 is 0 Å². The van der Waals surface area contributed by atoms with Crippen LogP contribution in [0.25, 0.3) is 10.8 Å². The molecule has 2 rings (SSSR count). The third-order valence-corrected chi connectivity index (χ3v) is 3.68. The van der Waals surface area contributed by atoms with Crippen molar-refractivity contribution in [2.24, 2.45) is 5.73 Å². The summed E-state index contributed by atoms with van der Waals surface area (Å²) in [5.74, 6) is -0.0484. The van der Waals surface area contributed by atoms with Gasteiger partial charge in [-0.1, -0.05) is 42.5 Å². The lowest BCUT2D eigenvalue weighted by Gasteiger charge is -2.18. The van der Waals surface area contributed by atoms with Crippen LogP contribution in [0.1, 0.15) is 24.9 Å². The fourth-order valence-corrected chi connectivity index (χ4v) is 2.48. The molecule has 4 nitrogen and oxygen atoms in total. The summed E-state index contributed by atoms with van der Waals surface area (Å²) in [6.07, 6.45) is 0.0481. The van der Waals surface area contributed by atoms with Crippen molar-refractivity contribution in [3.05, 3.63) is 48.0 Å². The Morgan fingerprint density at radius 2 is 1.95 bits per heavy atom. The zero-order valence-corrected chi connectivity index (χ0v) is 12.5. The summed E-state index contributed by atoms with van der Waals surface area (Å²) in [5, 5.41) is 5.35. The van der Waals surface area contributed by atoms with Gasteiger partial charge in [-0.25, -0.2) is 0 Å². The summed E-state index contributed by atoms with van der Waals surface area (Å²) < 4.78 is 5.14. The van der Waals surface area contributed by atoms with Crippen molar-refractivity contribution in [1.29, 1.82) is 0 Å². The van der Waals surface area contributed by atoms with Crippen LogP contribution in [0.15, 0.2) is 42.5 Å². The first kappa shape index (κ1) is 15.5. The maximum Gasteiger partial charge on any atom is 0.223 e. The number of nitrogens with one attached hydrogen (secondary N) is 1. The molecule has 112 valence electrons. The van der Waals surface area contributed by atoms with Crippen molar-refractivity contribution >= 4 is 16.7 Å². The summed E-state index contributed by atoms with van der Waals surface area (Å²) in [7, 11) is 1.57. The van der Waals surface area contributed by atoms with Crippen molar-refractivity contribution < 1.29 is 9.53 Å². The molecule has 3 N–H and O–H groups in total. The predicted molar refractivity (Wildman–Crippen MR) is 85.0 cm³/mol. The molecule has 0 aliphatic heterocycles. The molecule has 2 atom stereocenters. The molecule has 21 heavy (non-hydrogen) atoms. The smallest absolute Gasteiger partial charge is 0.223 e. The van der Waals surface area contributed by atoms with Crippen LogP contribution in [0.3, 0.4) is 0 Å². The Balaban J connectivity index is 2.12. The van der Waals surface area contributed by atoms with Gasteiger partial charge in [0, 0.05) is 13.7 Å². The zero-order chi connectivity index (χ0) is 15.2. The van der Waals surface area contributed by atoms with Gasteiger partial charge in [0.05, 0.1) is 18.6 Å². The van der Waals surface area contributed by atoms with Gasteiger partial charge in [-0.05, 0) is 23.3 Å². The molecule has 0 aliphatic carbocycles. The Labute approximate surface area is 125 Å². The number of amides is 1. The number of hydrogen-bond acceptors (Lipinski definition) is 3. The molecule has 0 aromatic heterocycles. The van der Waals surface area contributed by atoms with Gasteiger partial charge in [0.2, 0.25) is 5.91 Å². The molecule has 0 saturated heterocycles. The molecule has 0 fully saturated rings. The van der Waals surface area contributed by atoms with Crippen LogP contribution >= 0.6 is 0 Å². The highest BCUT2D eigenvalue weighted by molar-refractivity contribution is 5.86. The van der Waals surface area contributed by atoms with E-state index in [4.69, 9.17) is 10.5 Å². The standard InChI is InChI=1S/C17H22N2O2/c1-12(19-17(20)10-14(11-18)21-2)15-9-5-7-13-6-3-4-8-16(13)15/h3-9,12,14H,10-11,18H2,1-2H3,(H,19,20). The van der Waals surface area contributed by atoms with E-state index in [1.807, 2.05) is 31.2 Å². The molecular weight excluding hydrogens is 264 g/mol. The Morgan fingerprint density at radius 3 is 2.67 bits per heavy atom. The number of methoxy groups -OCH3 is 1. The number of rotatable bonds is 6. The molecule has 0 heterocycles. The van der Waals surface area contributed by atoms with E-state index in [1.54, 1.807) is 7.11 Å². The molecule has 0 spiro atoms. The molecule has 1 amide bonds. The number of nitrogens with two attached hydrogens (primary N) is 1. The SMILES string of the molecule is COC(CN)CC(=O)NC(C)c1cccc2ccccc12. The molecule has 0 aliphatic rings. The molecule has 0 bridgehead atoms. The van der Waals surface area contributed by atoms with Gasteiger partial charge in [-0.3, -0.25) is 4.79 Å². The fraction of sp³-hybridized carbons (Fsp3) is 0.353. The van der Waals surface area contributed by atoms with Gasteiger partial charge in [-0.15, -0.1) is 0 Å². The average molecular weight is 286 g/mol. The van der Waals surface area contributed by atoms with Crippen molar-refractivity contribution in [1.82, 2.24) is 5.32 Å². The highest BCUT2D eigenvalue weighted by Gasteiger charge is 2.15. The van der Waals surface area contributed by atoms with Gasteiger partial charge in [0.1, 0.15) is 0 Å². The van der Waals surface area contributed by atoms with Crippen molar-refractivity contribution in [2.75, 3.05) is 13.7 Å². The highest BCUT2D eigenvalue weighted by Crippen LogP contribution is 2.24. The van der Waals surface area contributed by atoms with Crippen molar-refractivity contribution in [3.8, 4) is 0 Å². The Kier molecular flexibility index (Phi) is 5.31. The monoisotopic (exact) mass is 286 g/mol. The van der Waals surface area contributed by atoms with Gasteiger partial charge < -0.3 is 15.8 Å². The second-order valence-corrected chi connectivity index (χ2v) is 5.16. The largest absolute Gasteiger partial charge is 0.380 e. The summed E-state index contributed by atoms with van der Waals surface area (Å²) >= 11 is 0. The van der Waals surface area contributed by atoms with E-state index in [-0.39, 0.29) is 24.5 Å². The second kappa shape index (κ2) is 7.20. The Hall–Kier alpha value is -1.91. The fourth-order valence-electron chi connectivity index (χ4n) is 2.48. The van der Waals surface area contributed by atoms with Crippen LogP contribution in [0.4, 0.5) is 0 Å². The van der Waals surface area contributed by atoms with Crippen LogP contribution in [0.2, 0.25) is 0 Å². The number of benzene rings is 2. The Bertz CT molecular complexity index is 603. The van der Waals surface area contributed by atoms with Crippen LogP contribution in [-0.4, -0.2) is 25.7 Å². The van der Waals surface area contributed by atoms with Crippen LogP contribution in [0.5, 0.6) is 0 Å². The summed E-state index contributed by atoms with van der Waals surface area (Å²) in [6, 6.07) is 14.2. The van der Waals surface area contributed by atoms with Gasteiger partial charge in [0.25, 0.3) is 0 Å². The number of carbonyl (C=O) groups is 1. The van der Waals surface area contributed by atoms with Gasteiger partial charge in [-0.2, -0.15) is 0 Å². The van der Waals surface area contributed by atoms with Crippen LogP contribution in [0, 0.1) is 0 Å². The maximum atomic E-state index is 12.0. The summed E-state index contributed by atoms with van der Waals surface area (Å²) in [6.45, 7) is 2.33. The second-order valence-electron chi connectivity index (χ2n) is 5.16. The normalized spacial score (nSPS) is 13.9. The van der Waals surface area contributed by atoms with E-state index in [0.717, 1.165) is 10.9 Å². The van der Waals surface area contributed by atoms with E-state index >= 15 is 0 Å². The number of ether oxygens (including phenoxy) is 1. The summed E-state index contributed by atoms with van der Waals surface area (Å²) in [4.78, 5) is 12.0. The van der Waals surface area contributed by atoms with Gasteiger partial charge in [0.15, 0.2) is 0 Å². The molecule has 0 saturated carbocycles. The molecule has 4 heteroatoms. The highest BCUT2D eigenvalue weighted by atomic mass is 16.5. The zero-order valence-electron chi connectivity index (χ0n) is 12.5. The molecule has 2 aromatic rings. The van der Waals surface area contributed by atoms with E-state index in [9.17, 15) is 4.79 Å². The maximum absolute atomic E-state index is 12.0. The number of carbonyl (C=O) groups excluding carboxylic acids is 1. The minimum Gasteiger partial charge on any atom is -0.380 e. The summed E-state index contributed by atoms with van der Waals surface area (Å²) in [5.41, 5.74) is 6.66. The van der Waals surface area contributed by atoms with Crippen molar-refractivity contribution in [3.63, 3.8) is 0 Å². The topological polar surface area (TPSA) is 64.3 Å². The molecule has 2 unspecified atom stereocenters. The van der Waals surface area contributed by atoms with Crippen LogP contribution < -0.4 is 11.1 Å². The van der Waals surface area contributed by atoms with Crippen LogP contribution in [-0.2, 0) is 9.53 Å².